The van der Waals surface area contributed by atoms with Crippen molar-refractivity contribution in [1.82, 2.24) is 19.5 Å². The van der Waals surface area contributed by atoms with E-state index in [1.807, 2.05) is 18.2 Å². The van der Waals surface area contributed by atoms with Crippen molar-refractivity contribution in [1.29, 1.82) is 0 Å². The minimum Gasteiger partial charge on any atom is -0.455 e. The lowest BCUT2D eigenvalue weighted by atomic mass is 9.97. The fourth-order valence-electron chi connectivity index (χ4n) is 8.96. The van der Waals surface area contributed by atoms with Gasteiger partial charge in [0.05, 0.1) is 33.8 Å². The minimum absolute atomic E-state index is 0.667. The highest BCUT2D eigenvalue weighted by Crippen LogP contribution is 2.42. The van der Waals surface area contributed by atoms with E-state index in [4.69, 9.17) is 19.4 Å². The number of aromatic nitrogens is 4. The molecule has 12 rings (SSSR count). The highest BCUT2D eigenvalue weighted by Gasteiger charge is 2.22. The molecule has 0 radical (unpaired) electrons. The summed E-state index contributed by atoms with van der Waals surface area (Å²) in [4.78, 5) is 15.7. The van der Waals surface area contributed by atoms with Crippen molar-refractivity contribution in [3.63, 3.8) is 0 Å². The van der Waals surface area contributed by atoms with Gasteiger partial charge in [-0.05, 0) is 78.1 Å². The summed E-state index contributed by atoms with van der Waals surface area (Å²) < 4.78 is 9.12. The summed E-state index contributed by atoms with van der Waals surface area (Å²) in [5.41, 5.74) is 14.3. The molecule has 7 aromatic carbocycles. The fourth-order valence-corrected chi connectivity index (χ4v) is 8.96. The first-order valence-electron chi connectivity index (χ1n) is 19.8. The van der Waals surface area contributed by atoms with E-state index in [2.05, 4.69) is 168 Å². The van der Waals surface area contributed by atoms with Crippen LogP contribution in [0.5, 0.6) is 0 Å². The van der Waals surface area contributed by atoms with Gasteiger partial charge >= 0.3 is 0 Å². The average Bonchev–Trinajstić information content (AvgIpc) is 3.85. The van der Waals surface area contributed by atoms with Crippen LogP contribution in [0.1, 0.15) is 17.7 Å². The Balaban J connectivity index is 1.01. The molecule has 272 valence electrons. The molecule has 4 aromatic heterocycles. The number of furan rings is 1. The van der Waals surface area contributed by atoms with E-state index in [0.29, 0.717) is 5.95 Å². The van der Waals surface area contributed by atoms with Gasteiger partial charge in [0.15, 0.2) is 0 Å². The van der Waals surface area contributed by atoms with Gasteiger partial charge in [0.25, 0.3) is 0 Å². The third kappa shape index (κ3) is 5.14. The second-order valence-corrected chi connectivity index (χ2v) is 15.1. The molecule has 0 N–H and O–H groups in total. The maximum Gasteiger partial charge on any atom is 0.235 e. The first-order valence-corrected chi connectivity index (χ1v) is 19.8. The summed E-state index contributed by atoms with van der Waals surface area (Å²) in [5.74, 6) is 0.667. The van der Waals surface area contributed by atoms with Crippen LogP contribution in [0.2, 0.25) is 0 Å². The number of fused-ring (bicyclic) bond motifs is 10. The van der Waals surface area contributed by atoms with Gasteiger partial charge in [-0.25, -0.2) is 15.0 Å². The molecule has 0 bridgehead atoms. The van der Waals surface area contributed by atoms with Gasteiger partial charge in [-0.2, -0.15) is 0 Å². The predicted octanol–water partition coefficient (Wildman–Crippen LogP) is 13.6. The molecule has 0 fully saturated rings. The molecule has 0 saturated carbocycles. The van der Waals surface area contributed by atoms with E-state index in [-0.39, 0.29) is 0 Å². The van der Waals surface area contributed by atoms with Crippen molar-refractivity contribution in [3.05, 3.63) is 187 Å². The molecular weight excluding hydrogens is 709 g/mol. The van der Waals surface area contributed by atoms with Crippen LogP contribution in [0.25, 0.3) is 111 Å². The second kappa shape index (κ2) is 13.0. The summed E-state index contributed by atoms with van der Waals surface area (Å²) in [6.45, 7) is 0. The Labute approximate surface area is 334 Å². The first kappa shape index (κ1) is 32.6. The second-order valence-electron chi connectivity index (χ2n) is 15.1. The number of allylic oxidation sites excluding steroid dienone is 1. The number of aryl methyl sites for hydroxylation is 1. The zero-order chi connectivity index (χ0) is 38.2. The molecule has 5 nitrogen and oxygen atoms in total. The maximum absolute atomic E-state index is 6.89. The normalized spacial score (nSPS) is 12.6. The third-order valence-electron chi connectivity index (χ3n) is 11.7. The van der Waals surface area contributed by atoms with Gasteiger partial charge in [0.1, 0.15) is 11.2 Å². The molecule has 0 spiro atoms. The van der Waals surface area contributed by atoms with Crippen molar-refractivity contribution in [2.45, 2.75) is 12.8 Å². The van der Waals surface area contributed by atoms with Crippen LogP contribution in [-0.4, -0.2) is 19.5 Å². The summed E-state index contributed by atoms with van der Waals surface area (Å²) >= 11 is 0. The number of rotatable bonds is 5. The standard InChI is InChI=1S/C53H34N4O/c1-3-14-33(15-4-1)45-32-46(56-53(55-45)57-47-24-11-8-20-38(47)39-21-9-12-25-48(39)57)37-19-13-18-35(30-37)36-26-27-40-41-28-29-43-50(52(41)58-49(40)31-36)42-22-7-10-23-44(42)54-51(43)34-16-5-2-6-17-34/h1-8,10-20,22-32H,9,21H2. The summed E-state index contributed by atoms with van der Waals surface area (Å²) in [6.07, 6.45) is 6.52. The van der Waals surface area contributed by atoms with Crippen molar-refractivity contribution < 1.29 is 4.42 Å². The number of nitrogens with zero attached hydrogens (tertiary/aromatic N) is 4. The average molecular weight is 743 g/mol. The van der Waals surface area contributed by atoms with Crippen LogP contribution in [0.15, 0.2) is 180 Å². The SMILES string of the molecule is C1=Cc2c(c3ccccc3n2-c2nc(-c3ccccc3)cc(-c3cccc(-c4ccc5c(c4)oc4c5ccc5c(-c6ccccc6)nc6ccccc6c54)c3)n2)CC1. The number of pyridine rings is 1. The quantitative estimate of drug-likeness (QED) is 0.165. The van der Waals surface area contributed by atoms with E-state index >= 15 is 0 Å². The topological polar surface area (TPSA) is 56.7 Å². The van der Waals surface area contributed by atoms with E-state index in [0.717, 1.165) is 113 Å². The molecule has 0 aliphatic heterocycles. The molecule has 11 aromatic rings. The molecule has 4 heterocycles. The van der Waals surface area contributed by atoms with Gasteiger partial charge in [-0.15, -0.1) is 0 Å². The number of para-hydroxylation sites is 2. The first-order chi connectivity index (χ1) is 28.7. The van der Waals surface area contributed by atoms with E-state index < -0.39 is 0 Å². The van der Waals surface area contributed by atoms with Crippen LogP contribution in [0.4, 0.5) is 0 Å². The Morgan fingerprint density at radius 1 is 0.483 bits per heavy atom. The minimum atomic E-state index is 0.667. The number of hydrogen-bond acceptors (Lipinski definition) is 4. The molecule has 1 aliphatic carbocycles. The third-order valence-corrected chi connectivity index (χ3v) is 11.7. The maximum atomic E-state index is 6.89. The molecule has 0 saturated heterocycles. The molecule has 0 amide bonds. The van der Waals surface area contributed by atoms with Gasteiger partial charge in [-0.3, -0.25) is 4.57 Å². The summed E-state index contributed by atoms with van der Waals surface area (Å²) in [7, 11) is 0. The summed E-state index contributed by atoms with van der Waals surface area (Å²) in [6, 6.07) is 59.5. The Kier molecular flexibility index (Phi) is 7.29. The van der Waals surface area contributed by atoms with E-state index in [1.165, 1.54) is 10.9 Å². The van der Waals surface area contributed by atoms with Crippen LogP contribution in [0.3, 0.4) is 0 Å². The molecule has 58 heavy (non-hydrogen) atoms. The van der Waals surface area contributed by atoms with E-state index in [9.17, 15) is 0 Å². The fraction of sp³-hybridized carbons (Fsp3) is 0.0377. The lowest BCUT2D eigenvalue weighted by Gasteiger charge is -2.14. The van der Waals surface area contributed by atoms with Crippen LogP contribution in [-0.2, 0) is 6.42 Å². The summed E-state index contributed by atoms with van der Waals surface area (Å²) in [5, 5.41) is 6.68. The predicted molar refractivity (Wildman–Crippen MR) is 238 cm³/mol. The van der Waals surface area contributed by atoms with Gasteiger partial charge in [0, 0.05) is 49.0 Å². The van der Waals surface area contributed by atoms with Crippen LogP contribution < -0.4 is 0 Å². The Morgan fingerprint density at radius 2 is 1.16 bits per heavy atom. The molecular formula is C53H34N4O. The smallest absolute Gasteiger partial charge is 0.235 e. The zero-order valence-corrected chi connectivity index (χ0v) is 31.4. The zero-order valence-electron chi connectivity index (χ0n) is 31.4. The highest BCUT2D eigenvalue weighted by molar-refractivity contribution is 6.24. The van der Waals surface area contributed by atoms with Crippen molar-refractivity contribution in [2.75, 3.05) is 0 Å². The molecule has 0 unspecified atom stereocenters. The van der Waals surface area contributed by atoms with Gasteiger partial charge in [0.2, 0.25) is 5.95 Å². The van der Waals surface area contributed by atoms with Crippen molar-refractivity contribution >= 4 is 60.6 Å². The number of hydrogen-bond donors (Lipinski definition) is 0. The van der Waals surface area contributed by atoms with Gasteiger partial charge in [-0.1, -0.05) is 133 Å². The van der Waals surface area contributed by atoms with Crippen molar-refractivity contribution in [2.24, 2.45) is 0 Å². The molecule has 0 atom stereocenters. The Bertz CT molecular complexity index is 3450. The molecule has 1 aliphatic rings. The lowest BCUT2D eigenvalue weighted by molar-refractivity contribution is 0.673. The molecule has 5 heteroatoms. The van der Waals surface area contributed by atoms with Crippen LogP contribution >= 0.6 is 0 Å². The Hall–Kier alpha value is -7.63. The number of benzene rings is 7. The highest BCUT2D eigenvalue weighted by atomic mass is 16.3. The lowest BCUT2D eigenvalue weighted by Crippen LogP contribution is -2.07. The van der Waals surface area contributed by atoms with Gasteiger partial charge < -0.3 is 4.42 Å². The van der Waals surface area contributed by atoms with E-state index in [1.54, 1.807) is 0 Å². The largest absolute Gasteiger partial charge is 0.455 e. The van der Waals surface area contributed by atoms with Crippen LogP contribution in [0, 0.1) is 0 Å². The monoisotopic (exact) mass is 742 g/mol. The van der Waals surface area contributed by atoms with Crippen molar-refractivity contribution in [3.8, 4) is 50.8 Å². The Morgan fingerprint density at radius 3 is 2.02 bits per heavy atom.